The summed E-state index contributed by atoms with van der Waals surface area (Å²) in [5.41, 5.74) is 8.03. The first-order valence-corrected chi connectivity index (χ1v) is 3.99. The molecule has 0 aromatic heterocycles. The Hall–Kier alpha value is -1.75. The highest BCUT2D eigenvalue weighted by Crippen LogP contribution is 2.10. The van der Waals surface area contributed by atoms with Crippen LogP contribution in [-0.4, -0.2) is 5.91 Å². The summed E-state index contributed by atoms with van der Waals surface area (Å²) in [4.78, 5) is 10.4. The second-order valence-electron chi connectivity index (χ2n) is 2.86. The second kappa shape index (κ2) is 3.77. The van der Waals surface area contributed by atoms with Crippen LogP contribution in [0.4, 0.5) is 0 Å². The van der Waals surface area contributed by atoms with Crippen molar-refractivity contribution in [3.8, 4) is 11.8 Å². The van der Waals surface area contributed by atoms with Gasteiger partial charge in [-0.15, -0.1) is 0 Å². The molecule has 0 aliphatic carbocycles. The van der Waals surface area contributed by atoms with E-state index in [1.807, 2.05) is 32.0 Å². The SMILES string of the molecule is Cc1cccc(C#CC(N)=O)c1C. The fourth-order valence-electron chi connectivity index (χ4n) is 1.02. The van der Waals surface area contributed by atoms with E-state index >= 15 is 0 Å². The van der Waals surface area contributed by atoms with E-state index in [9.17, 15) is 4.79 Å². The number of carbonyl (C=O) groups is 1. The Morgan fingerprint density at radius 1 is 1.38 bits per heavy atom. The van der Waals surface area contributed by atoms with Gasteiger partial charge in [-0.05, 0) is 37.0 Å². The Morgan fingerprint density at radius 3 is 2.69 bits per heavy atom. The summed E-state index contributed by atoms with van der Waals surface area (Å²) in [5.74, 6) is 4.45. The van der Waals surface area contributed by atoms with Gasteiger partial charge in [0.2, 0.25) is 0 Å². The zero-order chi connectivity index (χ0) is 9.84. The molecule has 1 aromatic rings. The van der Waals surface area contributed by atoms with Gasteiger partial charge in [0.15, 0.2) is 0 Å². The molecule has 0 atom stereocenters. The number of rotatable bonds is 0. The molecule has 2 nitrogen and oxygen atoms in total. The van der Waals surface area contributed by atoms with Crippen LogP contribution in [0.5, 0.6) is 0 Å². The van der Waals surface area contributed by atoms with Crippen molar-refractivity contribution in [2.24, 2.45) is 5.73 Å². The van der Waals surface area contributed by atoms with Crippen molar-refractivity contribution >= 4 is 5.91 Å². The molecular weight excluding hydrogens is 162 g/mol. The van der Waals surface area contributed by atoms with E-state index in [0.29, 0.717) is 0 Å². The smallest absolute Gasteiger partial charge is 0.293 e. The number of nitrogens with two attached hydrogens (primary N) is 1. The van der Waals surface area contributed by atoms with Gasteiger partial charge >= 0.3 is 0 Å². The third-order valence-electron chi connectivity index (χ3n) is 1.92. The second-order valence-corrected chi connectivity index (χ2v) is 2.86. The van der Waals surface area contributed by atoms with E-state index in [1.54, 1.807) is 0 Å². The standard InChI is InChI=1S/C11H11NO/c1-8-4-3-5-10(9(8)2)6-7-11(12)13/h3-5H,1-2H3,(H2,12,13). The van der Waals surface area contributed by atoms with Gasteiger partial charge in [0, 0.05) is 5.56 Å². The lowest BCUT2D eigenvalue weighted by molar-refractivity contribution is -0.112. The number of aryl methyl sites for hydroxylation is 1. The summed E-state index contributed by atoms with van der Waals surface area (Å²) in [6, 6.07) is 5.79. The molecule has 0 radical (unpaired) electrons. The molecule has 0 saturated heterocycles. The van der Waals surface area contributed by atoms with E-state index in [1.165, 1.54) is 0 Å². The summed E-state index contributed by atoms with van der Waals surface area (Å²) < 4.78 is 0. The molecule has 1 aromatic carbocycles. The fraction of sp³-hybridized carbons (Fsp3) is 0.182. The summed E-state index contributed by atoms with van der Waals surface area (Å²) >= 11 is 0. The molecule has 0 fully saturated rings. The van der Waals surface area contributed by atoms with Crippen molar-refractivity contribution in [1.29, 1.82) is 0 Å². The highest BCUT2D eigenvalue weighted by atomic mass is 16.1. The van der Waals surface area contributed by atoms with Gasteiger partial charge in [0.05, 0.1) is 0 Å². The van der Waals surface area contributed by atoms with E-state index in [-0.39, 0.29) is 0 Å². The summed E-state index contributed by atoms with van der Waals surface area (Å²) in [5, 5.41) is 0. The zero-order valence-corrected chi connectivity index (χ0v) is 7.72. The van der Waals surface area contributed by atoms with Crippen molar-refractivity contribution < 1.29 is 4.79 Å². The number of benzene rings is 1. The lowest BCUT2D eigenvalue weighted by Crippen LogP contribution is -2.06. The zero-order valence-electron chi connectivity index (χ0n) is 7.72. The summed E-state index contributed by atoms with van der Waals surface area (Å²) in [6.45, 7) is 3.98. The molecule has 0 aliphatic heterocycles. The van der Waals surface area contributed by atoms with Crippen LogP contribution in [-0.2, 0) is 4.79 Å². The quantitative estimate of drug-likeness (QED) is 0.587. The van der Waals surface area contributed by atoms with Crippen LogP contribution < -0.4 is 5.73 Å². The molecule has 13 heavy (non-hydrogen) atoms. The van der Waals surface area contributed by atoms with Gasteiger partial charge in [-0.2, -0.15) is 0 Å². The normalized spacial score (nSPS) is 8.77. The van der Waals surface area contributed by atoms with Crippen molar-refractivity contribution in [3.63, 3.8) is 0 Å². The Morgan fingerprint density at radius 2 is 2.08 bits per heavy atom. The molecule has 0 spiro atoms. The minimum atomic E-state index is -0.596. The molecule has 0 saturated carbocycles. The van der Waals surface area contributed by atoms with E-state index in [4.69, 9.17) is 5.73 Å². The van der Waals surface area contributed by atoms with Gasteiger partial charge in [0.1, 0.15) is 0 Å². The summed E-state index contributed by atoms with van der Waals surface area (Å²) in [6.07, 6.45) is 0. The number of carbonyl (C=O) groups excluding carboxylic acids is 1. The van der Waals surface area contributed by atoms with Crippen LogP contribution in [0.1, 0.15) is 16.7 Å². The maximum atomic E-state index is 10.4. The van der Waals surface area contributed by atoms with Crippen LogP contribution >= 0.6 is 0 Å². The van der Waals surface area contributed by atoms with Crippen molar-refractivity contribution in [2.75, 3.05) is 0 Å². The molecule has 66 valence electrons. The highest BCUT2D eigenvalue weighted by molar-refractivity contribution is 5.92. The van der Waals surface area contributed by atoms with Gasteiger partial charge in [-0.1, -0.05) is 18.1 Å². The molecule has 0 bridgehead atoms. The maximum Gasteiger partial charge on any atom is 0.293 e. The van der Waals surface area contributed by atoms with Gasteiger partial charge in [0.25, 0.3) is 5.91 Å². The van der Waals surface area contributed by atoms with E-state index < -0.39 is 5.91 Å². The van der Waals surface area contributed by atoms with Crippen LogP contribution in [0.15, 0.2) is 18.2 Å². The minimum Gasteiger partial charge on any atom is -0.359 e. The molecule has 0 heterocycles. The number of hydrogen-bond acceptors (Lipinski definition) is 1. The van der Waals surface area contributed by atoms with Crippen LogP contribution in [0.2, 0.25) is 0 Å². The highest BCUT2D eigenvalue weighted by Gasteiger charge is 1.96. The molecule has 1 amide bonds. The van der Waals surface area contributed by atoms with Gasteiger partial charge in [-0.25, -0.2) is 0 Å². The fourth-order valence-corrected chi connectivity index (χ4v) is 1.02. The number of amides is 1. The number of primary amides is 1. The predicted molar refractivity (Wildman–Crippen MR) is 52.0 cm³/mol. The largest absolute Gasteiger partial charge is 0.359 e. The van der Waals surface area contributed by atoms with Crippen LogP contribution in [0.3, 0.4) is 0 Å². The molecule has 2 N–H and O–H groups in total. The Bertz CT molecular complexity index is 396. The van der Waals surface area contributed by atoms with Crippen molar-refractivity contribution in [3.05, 3.63) is 34.9 Å². The molecule has 0 unspecified atom stereocenters. The first-order chi connectivity index (χ1) is 6.11. The van der Waals surface area contributed by atoms with Crippen LogP contribution in [0, 0.1) is 25.7 Å². The van der Waals surface area contributed by atoms with Gasteiger partial charge in [-0.3, -0.25) is 4.79 Å². The molecule has 2 heteroatoms. The van der Waals surface area contributed by atoms with Crippen molar-refractivity contribution in [1.82, 2.24) is 0 Å². The first-order valence-electron chi connectivity index (χ1n) is 3.99. The lowest BCUT2D eigenvalue weighted by Gasteiger charge is -2.00. The Kier molecular flexibility index (Phi) is 2.71. The summed E-state index contributed by atoms with van der Waals surface area (Å²) in [7, 11) is 0. The first kappa shape index (κ1) is 9.34. The third-order valence-corrected chi connectivity index (χ3v) is 1.92. The average molecular weight is 173 g/mol. The average Bonchev–Trinajstić information content (AvgIpc) is 2.07. The third kappa shape index (κ3) is 2.34. The lowest BCUT2D eigenvalue weighted by atomic mass is 10.0. The monoisotopic (exact) mass is 173 g/mol. The predicted octanol–water partition coefficient (Wildman–Crippen LogP) is 1.14. The van der Waals surface area contributed by atoms with E-state index in [0.717, 1.165) is 16.7 Å². The minimum absolute atomic E-state index is 0.596. The molecule has 1 rings (SSSR count). The topological polar surface area (TPSA) is 43.1 Å². The molecule has 0 aliphatic rings. The Balaban J connectivity index is 3.11. The van der Waals surface area contributed by atoms with Crippen LogP contribution in [0.25, 0.3) is 0 Å². The van der Waals surface area contributed by atoms with Crippen molar-refractivity contribution in [2.45, 2.75) is 13.8 Å². The molecular formula is C11H11NO. The number of hydrogen-bond donors (Lipinski definition) is 1. The maximum absolute atomic E-state index is 10.4. The van der Waals surface area contributed by atoms with Gasteiger partial charge < -0.3 is 5.73 Å². The van der Waals surface area contributed by atoms with E-state index in [2.05, 4.69) is 11.8 Å². The Labute approximate surface area is 77.8 Å².